The Hall–Kier alpha value is -1.07. The summed E-state index contributed by atoms with van der Waals surface area (Å²) in [5.41, 5.74) is 1.35. The second-order valence-corrected chi connectivity index (χ2v) is 5.89. The van der Waals surface area contributed by atoms with Crippen LogP contribution >= 0.6 is 0 Å². The van der Waals surface area contributed by atoms with Crippen molar-refractivity contribution in [1.82, 2.24) is 10.2 Å². The van der Waals surface area contributed by atoms with Crippen molar-refractivity contribution < 1.29 is 13.2 Å². The predicted octanol–water partition coefficient (Wildman–Crippen LogP) is 2.90. The highest BCUT2D eigenvalue weighted by Gasteiger charge is 2.47. The Kier molecular flexibility index (Phi) is 3.10. The van der Waals surface area contributed by atoms with E-state index in [4.69, 9.17) is 0 Å². The van der Waals surface area contributed by atoms with E-state index >= 15 is 0 Å². The molecule has 0 saturated carbocycles. The smallest absolute Gasteiger partial charge is 0.313 e. The van der Waals surface area contributed by atoms with Crippen LogP contribution in [-0.4, -0.2) is 24.5 Å². The van der Waals surface area contributed by atoms with Crippen LogP contribution in [0.25, 0.3) is 0 Å². The molecule has 3 rings (SSSR count). The highest BCUT2D eigenvalue weighted by atomic mass is 19.4. The van der Waals surface area contributed by atoms with E-state index in [-0.39, 0.29) is 5.54 Å². The van der Waals surface area contributed by atoms with Crippen LogP contribution in [0.4, 0.5) is 13.2 Å². The van der Waals surface area contributed by atoms with Gasteiger partial charge in [-0.15, -0.1) is 0 Å². The quantitative estimate of drug-likeness (QED) is 0.853. The number of halogens is 3. The van der Waals surface area contributed by atoms with Gasteiger partial charge < -0.3 is 5.32 Å². The number of benzene rings is 1. The predicted molar refractivity (Wildman–Crippen MR) is 71.5 cm³/mol. The fourth-order valence-electron chi connectivity index (χ4n) is 3.45. The summed E-state index contributed by atoms with van der Waals surface area (Å²) in [6, 6.07) is 3.30. The molecule has 0 unspecified atom stereocenters. The number of alkyl halides is 3. The lowest BCUT2D eigenvalue weighted by Gasteiger charge is -2.40. The van der Waals surface area contributed by atoms with Gasteiger partial charge in [-0.1, -0.05) is 13.0 Å². The van der Waals surface area contributed by atoms with E-state index in [0.29, 0.717) is 25.1 Å². The van der Waals surface area contributed by atoms with Gasteiger partial charge in [0.05, 0.1) is 11.1 Å². The number of fused-ring (bicyclic) bond motifs is 3. The van der Waals surface area contributed by atoms with Gasteiger partial charge in [0.1, 0.15) is 0 Å². The summed E-state index contributed by atoms with van der Waals surface area (Å²) in [6.45, 7) is 6.70. The monoisotopic (exact) mass is 284 g/mol. The Morgan fingerprint density at radius 1 is 1.35 bits per heavy atom. The normalized spacial score (nSPS) is 26.4. The van der Waals surface area contributed by atoms with Crippen molar-refractivity contribution in [3.05, 3.63) is 34.4 Å². The lowest BCUT2D eigenvalue weighted by atomic mass is 9.86. The van der Waals surface area contributed by atoms with Crippen molar-refractivity contribution in [1.29, 1.82) is 0 Å². The summed E-state index contributed by atoms with van der Waals surface area (Å²) in [7, 11) is 0. The lowest BCUT2D eigenvalue weighted by molar-refractivity contribution is -0.138. The van der Waals surface area contributed by atoms with Gasteiger partial charge in [-0.2, -0.15) is 13.2 Å². The van der Waals surface area contributed by atoms with Gasteiger partial charge in [0, 0.05) is 26.2 Å². The first-order chi connectivity index (χ1) is 9.36. The van der Waals surface area contributed by atoms with Crippen molar-refractivity contribution >= 4 is 0 Å². The minimum Gasteiger partial charge on any atom is -0.313 e. The number of piperazine rings is 1. The maximum Gasteiger partial charge on any atom is 0.416 e. The summed E-state index contributed by atoms with van der Waals surface area (Å²) >= 11 is 0. The Bertz CT molecular complexity index is 539. The van der Waals surface area contributed by atoms with Crippen molar-refractivity contribution in [3.63, 3.8) is 0 Å². The lowest BCUT2D eigenvalue weighted by Crippen LogP contribution is -2.53. The van der Waals surface area contributed by atoms with E-state index in [2.05, 4.69) is 10.2 Å². The van der Waals surface area contributed by atoms with Gasteiger partial charge in [0.25, 0.3) is 0 Å². The topological polar surface area (TPSA) is 15.3 Å². The first kappa shape index (κ1) is 13.9. The molecule has 2 heterocycles. The molecule has 1 atom stereocenters. The maximum atomic E-state index is 13.3. The van der Waals surface area contributed by atoms with Crippen LogP contribution in [0.15, 0.2) is 12.1 Å². The largest absolute Gasteiger partial charge is 0.416 e. The fraction of sp³-hybridized carbons (Fsp3) is 0.600. The van der Waals surface area contributed by atoms with E-state index in [1.165, 1.54) is 6.07 Å². The molecule has 0 aromatic heterocycles. The Morgan fingerprint density at radius 3 is 2.75 bits per heavy atom. The van der Waals surface area contributed by atoms with Crippen molar-refractivity contribution in [2.24, 2.45) is 0 Å². The molecular formula is C15H19F3N2. The first-order valence-corrected chi connectivity index (χ1v) is 7.05. The molecule has 1 saturated heterocycles. The third-order valence-corrected chi connectivity index (χ3v) is 4.68. The SMILES string of the molecule is CCc1cc(C(F)(F)F)c2c(c1)[C@]1(C)CNCCN1C2. The van der Waals surface area contributed by atoms with Gasteiger partial charge in [-0.3, -0.25) is 4.90 Å². The molecule has 0 bridgehead atoms. The summed E-state index contributed by atoms with van der Waals surface area (Å²) in [4.78, 5) is 2.17. The number of nitrogens with zero attached hydrogens (tertiary/aromatic N) is 1. The van der Waals surface area contributed by atoms with E-state index in [1.54, 1.807) is 0 Å². The third-order valence-electron chi connectivity index (χ3n) is 4.68. The molecule has 20 heavy (non-hydrogen) atoms. The van der Waals surface area contributed by atoms with Crippen molar-refractivity contribution in [2.75, 3.05) is 19.6 Å². The highest BCUT2D eigenvalue weighted by Crippen LogP contribution is 2.45. The van der Waals surface area contributed by atoms with E-state index in [0.717, 1.165) is 24.2 Å². The Balaban J connectivity index is 2.19. The van der Waals surface area contributed by atoms with Crippen LogP contribution in [0.3, 0.4) is 0 Å². The van der Waals surface area contributed by atoms with Crippen LogP contribution in [-0.2, 0) is 24.7 Å². The van der Waals surface area contributed by atoms with Crippen LogP contribution < -0.4 is 5.32 Å². The average molecular weight is 284 g/mol. The molecule has 2 aliphatic rings. The average Bonchev–Trinajstić information content (AvgIpc) is 2.69. The molecule has 1 aromatic carbocycles. The molecule has 0 aliphatic carbocycles. The van der Waals surface area contributed by atoms with Crippen LogP contribution in [0, 0.1) is 0 Å². The molecule has 1 fully saturated rings. The molecule has 0 amide bonds. The van der Waals surface area contributed by atoms with Gasteiger partial charge >= 0.3 is 6.18 Å². The Labute approximate surface area is 117 Å². The van der Waals surface area contributed by atoms with Crippen LogP contribution in [0.1, 0.15) is 36.1 Å². The van der Waals surface area contributed by atoms with E-state index < -0.39 is 11.7 Å². The molecule has 2 aliphatic heterocycles. The summed E-state index contributed by atoms with van der Waals surface area (Å²) in [6.07, 6.45) is -3.65. The molecule has 1 N–H and O–H groups in total. The van der Waals surface area contributed by atoms with Gasteiger partial charge in [-0.25, -0.2) is 0 Å². The minimum atomic E-state index is -4.27. The zero-order valence-corrected chi connectivity index (χ0v) is 11.8. The van der Waals surface area contributed by atoms with Crippen LogP contribution in [0.5, 0.6) is 0 Å². The summed E-state index contributed by atoms with van der Waals surface area (Å²) in [5.74, 6) is 0. The van der Waals surface area contributed by atoms with E-state index in [9.17, 15) is 13.2 Å². The van der Waals surface area contributed by atoms with Gasteiger partial charge in [0.15, 0.2) is 0 Å². The maximum absolute atomic E-state index is 13.3. The standard InChI is InChI=1S/C15H19F3N2/c1-3-10-6-12-11(13(7-10)15(16,17)18)8-20-5-4-19-9-14(12,20)2/h6-7,19H,3-5,8-9H2,1-2H3/t14-/m0/s1. The number of hydrogen-bond donors (Lipinski definition) is 1. The third kappa shape index (κ3) is 1.95. The summed E-state index contributed by atoms with van der Waals surface area (Å²) in [5, 5.41) is 3.31. The number of nitrogens with one attached hydrogen (secondary N) is 1. The second kappa shape index (κ2) is 4.46. The van der Waals surface area contributed by atoms with Crippen molar-refractivity contribution in [3.8, 4) is 0 Å². The number of hydrogen-bond acceptors (Lipinski definition) is 2. The second-order valence-electron chi connectivity index (χ2n) is 5.89. The minimum absolute atomic E-state index is 0.307. The first-order valence-electron chi connectivity index (χ1n) is 7.05. The fourth-order valence-corrected chi connectivity index (χ4v) is 3.45. The molecule has 110 valence electrons. The number of rotatable bonds is 1. The summed E-state index contributed by atoms with van der Waals surface area (Å²) < 4.78 is 40.0. The number of aryl methyl sites for hydroxylation is 1. The van der Waals surface area contributed by atoms with Crippen molar-refractivity contribution in [2.45, 2.75) is 38.5 Å². The molecule has 0 radical (unpaired) electrons. The zero-order chi connectivity index (χ0) is 14.5. The van der Waals surface area contributed by atoms with E-state index in [1.807, 2.05) is 19.9 Å². The highest BCUT2D eigenvalue weighted by molar-refractivity contribution is 5.48. The molecule has 1 aromatic rings. The molecule has 0 spiro atoms. The van der Waals surface area contributed by atoms with Gasteiger partial charge in [-0.05, 0) is 36.1 Å². The molecular weight excluding hydrogens is 265 g/mol. The Morgan fingerprint density at radius 2 is 2.10 bits per heavy atom. The van der Waals surface area contributed by atoms with Gasteiger partial charge in [0.2, 0.25) is 0 Å². The van der Waals surface area contributed by atoms with Crippen LogP contribution in [0.2, 0.25) is 0 Å². The molecule has 2 nitrogen and oxygen atoms in total. The molecule has 5 heteroatoms. The zero-order valence-electron chi connectivity index (χ0n) is 11.8.